The van der Waals surface area contributed by atoms with E-state index in [4.69, 9.17) is 9.47 Å². The van der Waals surface area contributed by atoms with Crippen molar-refractivity contribution in [2.75, 3.05) is 7.05 Å². The second kappa shape index (κ2) is 11.9. The van der Waals surface area contributed by atoms with E-state index in [0.29, 0.717) is 5.56 Å². The Kier molecular flexibility index (Phi) is 8.18. The number of rotatable bonds is 8. The first kappa shape index (κ1) is 24.8. The highest BCUT2D eigenvalue weighted by molar-refractivity contribution is 5.94. The largest absolute Gasteiger partial charge is 0.443 e. The number of nitrogens with zero attached hydrogens (tertiary/aromatic N) is 2. The zero-order chi connectivity index (χ0) is 25.3. The van der Waals surface area contributed by atoms with Crippen LogP contribution >= 0.6 is 0 Å². The summed E-state index contributed by atoms with van der Waals surface area (Å²) < 4.78 is 10.9. The van der Waals surface area contributed by atoms with Gasteiger partial charge in [-0.1, -0.05) is 72.8 Å². The van der Waals surface area contributed by atoms with Crippen molar-refractivity contribution in [1.29, 1.82) is 0 Å². The van der Waals surface area contributed by atoms with Crippen LogP contribution in [-0.4, -0.2) is 41.2 Å². The average Bonchev–Trinajstić information content (AvgIpc) is 3.74. The van der Waals surface area contributed by atoms with E-state index in [1.807, 2.05) is 60.7 Å². The van der Waals surface area contributed by atoms with Crippen LogP contribution in [0.4, 0.5) is 9.59 Å². The molecule has 3 amide bonds. The van der Waals surface area contributed by atoms with Gasteiger partial charge in [0.1, 0.15) is 13.2 Å². The molecular weight excluding hydrogens is 458 g/mol. The van der Waals surface area contributed by atoms with Crippen molar-refractivity contribution in [3.63, 3.8) is 0 Å². The molecule has 3 aromatic rings. The molecule has 0 unspecified atom stereocenters. The van der Waals surface area contributed by atoms with Crippen LogP contribution in [0.25, 0.3) is 0 Å². The molecule has 1 saturated carbocycles. The first-order chi connectivity index (χ1) is 17.5. The second-order valence-corrected chi connectivity index (χ2v) is 8.61. The molecule has 0 radical (unpaired) electrons. The van der Waals surface area contributed by atoms with E-state index in [2.05, 4.69) is 5.32 Å². The van der Waals surface area contributed by atoms with Crippen molar-refractivity contribution in [1.82, 2.24) is 15.3 Å². The molecule has 1 aliphatic carbocycles. The number of nitrogens with one attached hydrogen (secondary N) is 1. The number of hydrazine groups is 1. The summed E-state index contributed by atoms with van der Waals surface area (Å²) in [6.07, 6.45) is 0.622. The summed E-state index contributed by atoms with van der Waals surface area (Å²) in [4.78, 5) is 38.1. The minimum Gasteiger partial charge on any atom is -0.443 e. The number of hydrogen-bond donors (Lipinski definition) is 1. The van der Waals surface area contributed by atoms with Crippen LogP contribution in [0.1, 0.15) is 39.9 Å². The Labute approximate surface area is 210 Å². The Balaban J connectivity index is 1.43. The molecule has 0 saturated heterocycles. The lowest BCUT2D eigenvalue weighted by Crippen LogP contribution is -2.47. The first-order valence-electron chi connectivity index (χ1n) is 11.8. The van der Waals surface area contributed by atoms with Crippen LogP contribution in [0.3, 0.4) is 0 Å². The maximum atomic E-state index is 13.0. The monoisotopic (exact) mass is 487 g/mol. The van der Waals surface area contributed by atoms with Gasteiger partial charge in [0.15, 0.2) is 0 Å². The summed E-state index contributed by atoms with van der Waals surface area (Å²) in [6, 6.07) is 25.7. The molecule has 1 aliphatic rings. The van der Waals surface area contributed by atoms with Crippen LogP contribution in [0.2, 0.25) is 0 Å². The Bertz CT molecular complexity index is 1160. The Morgan fingerprint density at radius 3 is 1.81 bits per heavy atom. The van der Waals surface area contributed by atoms with Crippen LogP contribution in [0, 0.1) is 0 Å². The molecule has 0 heterocycles. The number of hydrogen-bond acceptors (Lipinski definition) is 5. The van der Waals surface area contributed by atoms with Gasteiger partial charge >= 0.3 is 12.2 Å². The SMILES string of the molecule is CN(C(=O)OCc1ccccc1)N(Cc1ccc(C(=O)NC2CC2)cc1)C(=O)OCc1ccccc1. The smallest absolute Gasteiger partial charge is 0.429 e. The summed E-state index contributed by atoms with van der Waals surface area (Å²) in [7, 11) is 1.45. The predicted molar refractivity (Wildman–Crippen MR) is 133 cm³/mol. The van der Waals surface area contributed by atoms with E-state index >= 15 is 0 Å². The zero-order valence-corrected chi connectivity index (χ0v) is 20.1. The third kappa shape index (κ3) is 7.09. The lowest BCUT2D eigenvalue weighted by molar-refractivity contribution is -0.0167. The third-order valence-corrected chi connectivity index (χ3v) is 5.71. The van der Waals surface area contributed by atoms with Crippen molar-refractivity contribution in [2.45, 2.75) is 38.6 Å². The predicted octanol–water partition coefficient (Wildman–Crippen LogP) is 4.90. The average molecular weight is 488 g/mol. The highest BCUT2D eigenvalue weighted by Crippen LogP contribution is 2.20. The molecule has 0 bridgehead atoms. The van der Waals surface area contributed by atoms with Crippen molar-refractivity contribution in [3.05, 3.63) is 107 Å². The quantitative estimate of drug-likeness (QED) is 0.457. The fraction of sp³-hybridized carbons (Fsp3) is 0.250. The van der Waals surface area contributed by atoms with E-state index < -0.39 is 12.2 Å². The van der Waals surface area contributed by atoms with E-state index in [0.717, 1.165) is 34.5 Å². The van der Waals surface area contributed by atoms with Gasteiger partial charge in [-0.2, -0.15) is 0 Å². The number of amides is 3. The molecule has 186 valence electrons. The summed E-state index contributed by atoms with van der Waals surface area (Å²) >= 11 is 0. The molecular formula is C28H29N3O5. The lowest BCUT2D eigenvalue weighted by Gasteiger charge is -2.30. The Morgan fingerprint density at radius 1 is 0.750 bits per heavy atom. The van der Waals surface area contributed by atoms with E-state index in [9.17, 15) is 14.4 Å². The molecule has 3 aromatic carbocycles. The molecule has 1 fully saturated rings. The van der Waals surface area contributed by atoms with Gasteiger partial charge in [0.2, 0.25) is 0 Å². The summed E-state index contributed by atoms with van der Waals surface area (Å²) in [5.41, 5.74) is 2.92. The Hall–Kier alpha value is -4.33. The van der Waals surface area contributed by atoms with Gasteiger partial charge in [-0.05, 0) is 41.7 Å². The second-order valence-electron chi connectivity index (χ2n) is 8.61. The molecule has 0 atom stereocenters. The van der Waals surface area contributed by atoms with Gasteiger partial charge in [0.05, 0.1) is 6.54 Å². The van der Waals surface area contributed by atoms with Crippen LogP contribution in [-0.2, 0) is 29.2 Å². The summed E-state index contributed by atoms with van der Waals surface area (Å²) in [5.74, 6) is -0.121. The topological polar surface area (TPSA) is 88.2 Å². The highest BCUT2D eigenvalue weighted by atomic mass is 16.6. The van der Waals surface area contributed by atoms with Crippen molar-refractivity contribution < 1.29 is 23.9 Å². The normalized spacial score (nSPS) is 12.4. The van der Waals surface area contributed by atoms with E-state index in [1.54, 1.807) is 24.3 Å². The fourth-order valence-electron chi connectivity index (χ4n) is 3.43. The Morgan fingerprint density at radius 2 is 1.28 bits per heavy atom. The maximum absolute atomic E-state index is 13.0. The minimum atomic E-state index is -0.700. The van der Waals surface area contributed by atoms with E-state index in [1.165, 1.54) is 12.1 Å². The van der Waals surface area contributed by atoms with Crippen molar-refractivity contribution >= 4 is 18.1 Å². The molecule has 0 aromatic heterocycles. The number of carbonyl (C=O) groups excluding carboxylic acids is 3. The molecule has 8 nitrogen and oxygen atoms in total. The number of carbonyl (C=O) groups is 3. The fourth-order valence-corrected chi connectivity index (χ4v) is 3.43. The molecule has 1 N–H and O–H groups in total. The summed E-state index contributed by atoms with van der Waals surface area (Å²) in [5, 5.41) is 5.23. The third-order valence-electron chi connectivity index (χ3n) is 5.71. The van der Waals surface area contributed by atoms with E-state index in [-0.39, 0.29) is 31.7 Å². The van der Waals surface area contributed by atoms with Crippen LogP contribution in [0.5, 0.6) is 0 Å². The number of benzene rings is 3. The van der Waals surface area contributed by atoms with Gasteiger partial charge < -0.3 is 14.8 Å². The minimum absolute atomic E-state index is 0.0507. The van der Waals surface area contributed by atoms with Crippen LogP contribution in [0.15, 0.2) is 84.9 Å². The molecule has 0 aliphatic heterocycles. The highest BCUT2D eigenvalue weighted by Gasteiger charge is 2.27. The van der Waals surface area contributed by atoms with Gasteiger partial charge in [-0.25, -0.2) is 19.6 Å². The summed E-state index contributed by atoms with van der Waals surface area (Å²) in [6.45, 7) is 0.181. The number of ether oxygens (including phenoxy) is 2. The molecule has 4 rings (SSSR count). The standard InChI is InChI=1S/C28H29N3O5/c1-30(27(33)35-19-22-8-4-2-5-9-22)31(28(34)36-20-23-10-6-3-7-11-23)18-21-12-14-24(15-13-21)26(32)29-25-16-17-25/h2-15,25H,16-20H2,1H3,(H,29,32). The maximum Gasteiger partial charge on any atom is 0.429 e. The zero-order valence-electron chi connectivity index (χ0n) is 20.1. The molecule has 0 spiro atoms. The molecule has 36 heavy (non-hydrogen) atoms. The van der Waals surface area contributed by atoms with Crippen molar-refractivity contribution in [3.8, 4) is 0 Å². The van der Waals surface area contributed by atoms with Crippen LogP contribution < -0.4 is 5.32 Å². The van der Waals surface area contributed by atoms with Gasteiger partial charge in [0, 0.05) is 18.7 Å². The molecule has 8 heteroatoms. The van der Waals surface area contributed by atoms with Crippen molar-refractivity contribution in [2.24, 2.45) is 0 Å². The lowest BCUT2D eigenvalue weighted by atomic mass is 10.1. The van der Waals surface area contributed by atoms with Gasteiger partial charge in [0.25, 0.3) is 5.91 Å². The first-order valence-corrected chi connectivity index (χ1v) is 11.8. The van der Waals surface area contributed by atoms with Gasteiger partial charge in [-0.3, -0.25) is 4.79 Å². The van der Waals surface area contributed by atoms with Gasteiger partial charge in [-0.15, -0.1) is 0 Å².